The number of anilines is 2. The number of amides is 2. The van der Waals surface area contributed by atoms with Crippen molar-refractivity contribution in [2.75, 3.05) is 22.9 Å². The average molecular weight is 653 g/mol. The molecule has 0 saturated heterocycles. The number of hydrogen-bond acceptors (Lipinski definition) is 6. The van der Waals surface area contributed by atoms with E-state index in [1.54, 1.807) is 9.80 Å². The largest absolute Gasteiger partial charge is 0.307 e. The Labute approximate surface area is 286 Å². The van der Waals surface area contributed by atoms with Crippen LogP contribution in [0.4, 0.5) is 11.4 Å². The van der Waals surface area contributed by atoms with Crippen LogP contribution >= 0.6 is 0 Å². The predicted octanol–water partition coefficient (Wildman–Crippen LogP) is 7.44. The topological polar surface area (TPSA) is 102 Å². The maximum Gasteiger partial charge on any atom is 0.280 e. The minimum Gasteiger partial charge on any atom is -0.307 e. The molecular weight excluding hydrogens is 612 g/mol. The molecule has 6 rings (SSSR count). The minimum absolute atomic E-state index is 0.139. The molecule has 0 N–H and O–H groups in total. The quantitative estimate of drug-likeness (QED) is 0.129. The van der Waals surface area contributed by atoms with Crippen LogP contribution in [0.2, 0.25) is 0 Å². The zero-order chi connectivity index (χ0) is 34.2. The van der Waals surface area contributed by atoms with Gasteiger partial charge in [0.15, 0.2) is 11.4 Å². The summed E-state index contributed by atoms with van der Waals surface area (Å²) in [5, 5.41) is 17.9. The van der Waals surface area contributed by atoms with Gasteiger partial charge < -0.3 is 9.80 Å². The van der Waals surface area contributed by atoms with E-state index < -0.39 is 0 Å². The summed E-state index contributed by atoms with van der Waals surface area (Å²) in [6, 6.07) is 36.9. The van der Waals surface area contributed by atoms with Gasteiger partial charge in [-0.2, -0.15) is 19.8 Å². The molecule has 2 aromatic heterocycles. The van der Waals surface area contributed by atoms with E-state index in [2.05, 4.69) is 46.4 Å². The first kappa shape index (κ1) is 33.0. The van der Waals surface area contributed by atoms with Gasteiger partial charge in [0.2, 0.25) is 0 Å². The zero-order valence-corrected chi connectivity index (χ0v) is 28.1. The molecule has 248 valence electrons. The zero-order valence-electron chi connectivity index (χ0n) is 28.1. The maximum atomic E-state index is 14.0. The van der Waals surface area contributed by atoms with Crippen molar-refractivity contribution in [2.45, 2.75) is 46.0 Å². The molecule has 0 bridgehead atoms. The molecule has 0 fully saturated rings. The molecule has 2 heterocycles. The number of para-hydroxylation sites is 3. The van der Waals surface area contributed by atoms with Crippen LogP contribution in [0.3, 0.4) is 0 Å². The number of aromatic nitrogens is 6. The fourth-order valence-corrected chi connectivity index (χ4v) is 5.66. The molecule has 2 amide bonds. The van der Waals surface area contributed by atoms with Crippen molar-refractivity contribution >= 4 is 23.2 Å². The summed E-state index contributed by atoms with van der Waals surface area (Å²) in [5.74, 6) is -0.240. The molecule has 0 saturated carbocycles. The molecule has 0 radical (unpaired) electrons. The third-order valence-corrected chi connectivity index (χ3v) is 8.52. The molecule has 0 aliphatic carbocycles. The Morgan fingerprint density at radius 2 is 1.24 bits per heavy atom. The number of carbonyl (C=O) groups is 2. The van der Waals surface area contributed by atoms with Gasteiger partial charge in [0.05, 0.1) is 23.3 Å². The molecule has 6 aromatic rings. The molecule has 0 spiro atoms. The Balaban J connectivity index is 1.17. The second-order valence-corrected chi connectivity index (χ2v) is 12.0. The Hall–Kier alpha value is -5.90. The number of rotatable bonds is 13. The number of nitrogens with zero attached hydrogens (tertiary/aromatic N) is 8. The maximum absolute atomic E-state index is 14.0. The summed E-state index contributed by atoms with van der Waals surface area (Å²) in [5.41, 5.74) is 5.51. The van der Waals surface area contributed by atoms with Crippen LogP contribution in [0, 0.1) is 6.92 Å². The molecule has 1 atom stereocenters. The summed E-state index contributed by atoms with van der Waals surface area (Å²) in [4.78, 5) is 34.2. The van der Waals surface area contributed by atoms with E-state index in [1.165, 1.54) is 15.8 Å². The highest BCUT2D eigenvalue weighted by molar-refractivity contribution is 6.05. The van der Waals surface area contributed by atoms with Gasteiger partial charge in [-0.3, -0.25) is 9.59 Å². The Kier molecular flexibility index (Phi) is 10.3. The fraction of sp³-hybridized carbons (Fsp3) is 0.231. The second-order valence-electron chi connectivity index (χ2n) is 12.0. The van der Waals surface area contributed by atoms with E-state index in [1.807, 2.05) is 110 Å². The van der Waals surface area contributed by atoms with Gasteiger partial charge in [-0.1, -0.05) is 87.0 Å². The first-order valence-electron chi connectivity index (χ1n) is 16.7. The van der Waals surface area contributed by atoms with Crippen molar-refractivity contribution in [3.05, 3.63) is 144 Å². The molecule has 1 unspecified atom stereocenters. The van der Waals surface area contributed by atoms with Crippen LogP contribution in [0.1, 0.15) is 71.3 Å². The minimum atomic E-state index is -0.192. The lowest BCUT2D eigenvalue weighted by molar-refractivity contribution is 0.0973. The van der Waals surface area contributed by atoms with Crippen molar-refractivity contribution in [3.63, 3.8) is 0 Å². The molecule has 10 heteroatoms. The van der Waals surface area contributed by atoms with E-state index in [-0.39, 0.29) is 17.7 Å². The first-order chi connectivity index (χ1) is 23.9. The molecule has 0 aliphatic heterocycles. The van der Waals surface area contributed by atoms with Gasteiger partial charge in [-0.15, -0.1) is 10.2 Å². The van der Waals surface area contributed by atoms with Crippen molar-refractivity contribution in [1.29, 1.82) is 0 Å². The summed E-state index contributed by atoms with van der Waals surface area (Å²) in [6.07, 6.45) is 4.05. The lowest BCUT2D eigenvalue weighted by atomic mass is 9.97. The lowest BCUT2D eigenvalue weighted by Crippen LogP contribution is -2.33. The van der Waals surface area contributed by atoms with Crippen LogP contribution in [0.25, 0.3) is 11.4 Å². The van der Waals surface area contributed by atoms with E-state index in [4.69, 9.17) is 0 Å². The number of aryl methyl sites for hydroxylation is 1. The third kappa shape index (κ3) is 7.65. The van der Waals surface area contributed by atoms with E-state index in [9.17, 15) is 9.59 Å². The van der Waals surface area contributed by atoms with Gasteiger partial charge in [0.25, 0.3) is 11.8 Å². The highest BCUT2D eigenvalue weighted by atomic mass is 16.2. The number of hydrogen-bond donors (Lipinski definition) is 0. The second kappa shape index (κ2) is 15.3. The SMILES string of the molecule is CCCCN(C(=O)c1cnn(-c2ccccc2)n1)c1ccc(C(C)CCN(C(=O)c2nn(-c3ccccc3)nc2C)c2ccccc2)cc1. The third-order valence-electron chi connectivity index (χ3n) is 8.52. The predicted molar refractivity (Wildman–Crippen MR) is 192 cm³/mol. The van der Waals surface area contributed by atoms with Crippen LogP contribution in [-0.4, -0.2) is 54.9 Å². The van der Waals surface area contributed by atoms with Crippen LogP contribution in [-0.2, 0) is 0 Å². The van der Waals surface area contributed by atoms with Crippen molar-refractivity contribution in [3.8, 4) is 11.4 Å². The van der Waals surface area contributed by atoms with Gasteiger partial charge in [-0.05, 0) is 79.8 Å². The molecule has 0 aliphatic rings. The first-order valence-corrected chi connectivity index (χ1v) is 16.7. The smallest absolute Gasteiger partial charge is 0.280 e. The number of benzene rings is 4. The summed E-state index contributed by atoms with van der Waals surface area (Å²) < 4.78 is 0. The molecule has 10 nitrogen and oxygen atoms in total. The van der Waals surface area contributed by atoms with E-state index in [0.717, 1.165) is 41.2 Å². The molecule has 4 aromatic carbocycles. The van der Waals surface area contributed by atoms with E-state index >= 15 is 0 Å². The monoisotopic (exact) mass is 652 g/mol. The van der Waals surface area contributed by atoms with Gasteiger partial charge in [0.1, 0.15) is 0 Å². The van der Waals surface area contributed by atoms with Crippen molar-refractivity contribution in [2.24, 2.45) is 0 Å². The summed E-state index contributed by atoms with van der Waals surface area (Å²) in [6.45, 7) is 7.14. The lowest BCUT2D eigenvalue weighted by Gasteiger charge is -2.25. The van der Waals surface area contributed by atoms with Crippen molar-refractivity contribution < 1.29 is 9.59 Å². The highest BCUT2D eigenvalue weighted by Gasteiger charge is 2.25. The average Bonchev–Trinajstić information content (AvgIpc) is 3.81. The number of unbranched alkanes of at least 4 members (excludes halogenated alkanes) is 1. The Bertz CT molecular complexity index is 1970. The van der Waals surface area contributed by atoms with Crippen molar-refractivity contribution in [1.82, 2.24) is 30.0 Å². The molecular formula is C39H40N8O2. The highest BCUT2D eigenvalue weighted by Crippen LogP contribution is 2.26. The van der Waals surface area contributed by atoms with Gasteiger partial charge >= 0.3 is 0 Å². The summed E-state index contributed by atoms with van der Waals surface area (Å²) >= 11 is 0. The van der Waals surface area contributed by atoms with Crippen LogP contribution < -0.4 is 9.80 Å². The normalized spacial score (nSPS) is 11.7. The van der Waals surface area contributed by atoms with Crippen LogP contribution in [0.5, 0.6) is 0 Å². The Morgan fingerprint density at radius 1 is 0.673 bits per heavy atom. The van der Waals surface area contributed by atoms with Gasteiger partial charge in [0, 0.05) is 24.5 Å². The summed E-state index contributed by atoms with van der Waals surface area (Å²) in [7, 11) is 0. The Morgan fingerprint density at radius 3 is 1.88 bits per heavy atom. The van der Waals surface area contributed by atoms with Gasteiger partial charge in [-0.25, -0.2) is 0 Å². The number of carbonyl (C=O) groups excluding carboxylic acids is 2. The standard InChI is InChI=1S/C39H40N8O2/c1-4-5-26-44(38(48)36-28-40-46(42-36)34-17-11-7-12-18-34)33-23-21-31(22-24-33)29(2)25-27-45(32-15-9-6-10-16-32)39(49)37-30(3)41-47(43-37)35-19-13-8-14-20-35/h6-24,28-29H,4-5,25-27H2,1-3H3. The van der Waals surface area contributed by atoms with Crippen LogP contribution in [0.15, 0.2) is 121 Å². The fourth-order valence-electron chi connectivity index (χ4n) is 5.66. The van der Waals surface area contributed by atoms with E-state index in [0.29, 0.717) is 36.6 Å². The molecule has 49 heavy (non-hydrogen) atoms.